The molecule has 0 aliphatic rings. The lowest BCUT2D eigenvalue weighted by molar-refractivity contribution is 0.790. The van der Waals surface area contributed by atoms with Crippen molar-refractivity contribution in [3.63, 3.8) is 0 Å². The van der Waals surface area contributed by atoms with Crippen LogP contribution in [0.25, 0.3) is 11.4 Å². The number of rotatable bonds is 5. The molecule has 0 aliphatic heterocycles. The number of pyridine rings is 1. The normalized spacial score (nSPS) is 11.9. The number of hydrogen-bond acceptors (Lipinski definition) is 5. The van der Waals surface area contributed by atoms with Crippen LogP contribution >= 0.6 is 11.8 Å². The molecule has 0 fully saturated rings. The first-order valence-electron chi connectivity index (χ1n) is 7.59. The average Bonchev–Trinajstić information content (AvgIpc) is 2.97. The summed E-state index contributed by atoms with van der Waals surface area (Å²) in [5, 5.41) is 18.5. The summed E-state index contributed by atoms with van der Waals surface area (Å²) in [4.78, 5) is 4.11. The van der Waals surface area contributed by atoms with Gasteiger partial charge in [-0.15, -0.1) is 10.2 Å². The maximum Gasteiger partial charge on any atom is 0.192 e. The first-order chi connectivity index (χ1) is 11.7. The topological polar surface area (TPSA) is 67.4 Å². The second kappa shape index (κ2) is 7.28. The van der Waals surface area contributed by atoms with E-state index in [4.69, 9.17) is 0 Å². The van der Waals surface area contributed by atoms with Crippen molar-refractivity contribution >= 4 is 11.8 Å². The number of aryl methyl sites for hydroxylation is 1. The highest BCUT2D eigenvalue weighted by atomic mass is 32.2. The molecule has 0 unspecified atom stereocenters. The van der Waals surface area contributed by atoms with Gasteiger partial charge in [-0.05, 0) is 31.0 Å². The van der Waals surface area contributed by atoms with Crippen molar-refractivity contribution in [1.29, 1.82) is 5.26 Å². The van der Waals surface area contributed by atoms with E-state index in [0.717, 1.165) is 22.1 Å². The molecule has 0 radical (unpaired) electrons. The van der Waals surface area contributed by atoms with Crippen molar-refractivity contribution < 1.29 is 0 Å². The van der Waals surface area contributed by atoms with Crippen LogP contribution in [0.15, 0.2) is 53.9 Å². The third-order valence-electron chi connectivity index (χ3n) is 3.69. The quantitative estimate of drug-likeness (QED) is 0.668. The van der Waals surface area contributed by atoms with Crippen LogP contribution < -0.4 is 0 Å². The molecule has 1 atom stereocenters. The zero-order valence-electron chi connectivity index (χ0n) is 13.5. The molecular formula is C18H17N5S. The maximum atomic E-state index is 9.48. The Hall–Kier alpha value is -2.65. The van der Waals surface area contributed by atoms with Gasteiger partial charge in [-0.3, -0.25) is 4.98 Å². The Balaban J connectivity index is 1.76. The van der Waals surface area contributed by atoms with Crippen LogP contribution in [-0.2, 0) is 13.5 Å². The molecule has 2 aromatic heterocycles. The third kappa shape index (κ3) is 3.63. The molecule has 6 heteroatoms. The predicted molar refractivity (Wildman–Crippen MR) is 94.4 cm³/mol. The fourth-order valence-electron chi connectivity index (χ4n) is 2.34. The lowest BCUT2D eigenvalue weighted by Crippen LogP contribution is -2.06. The van der Waals surface area contributed by atoms with Crippen molar-refractivity contribution in [2.24, 2.45) is 7.05 Å². The van der Waals surface area contributed by atoms with Crippen molar-refractivity contribution in [3.05, 3.63) is 59.9 Å². The summed E-state index contributed by atoms with van der Waals surface area (Å²) < 4.78 is 1.90. The van der Waals surface area contributed by atoms with Crippen LogP contribution in [0.5, 0.6) is 0 Å². The smallest absolute Gasteiger partial charge is 0.192 e. The molecule has 0 saturated carbocycles. The Labute approximate surface area is 145 Å². The molecule has 0 amide bonds. The Morgan fingerprint density at radius 2 is 2.00 bits per heavy atom. The van der Waals surface area contributed by atoms with Crippen molar-refractivity contribution in [2.45, 2.75) is 23.8 Å². The Bertz CT molecular complexity index is 849. The Morgan fingerprint density at radius 3 is 2.67 bits per heavy atom. The standard InChI is InChI=1S/C18H17N5S/c1-13-5-7-14(8-6-13)10-16(11-19)24-18-22-21-17(23(18)2)15-4-3-9-20-12-15/h3-9,12,16H,10H2,1-2H3/t16-/m1/s1. The summed E-state index contributed by atoms with van der Waals surface area (Å²) in [6.45, 7) is 2.06. The summed E-state index contributed by atoms with van der Waals surface area (Å²) in [6, 6.07) is 14.4. The van der Waals surface area contributed by atoms with Crippen LogP contribution in [0.1, 0.15) is 11.1 Å². The van der Waals surface area contributed by atoms with Crippen LogP contribution in [0.2, 0.25) is 0 Å². The number of nitriles is 1. The monoisotopic (exact) mass is 335 g/mol. The molecule has 0 spiro atoms. The van der Waals surface area contributed by atoms with Gasteiger partial charge < -0.3 is 4.57 Å². The minimum atomic E-state index is -0.211. The molecule has 0 aliphatic carbocycles. The zero-order chi connectivity index (χ0) is 16.9. The van der Waals surface area contributed by atoms with E-state index in [-0.39, 0.29) is 5.25 Å². The lowest BCUT2D eigenvalue weighted by Gasteiger charge is -2.09. The van der Waals surface area contributed by atoms with Gasteiger partial charge in [0.2, 0.25) is 0 Å². The zero-order valence-corrected chi connectivity index (χ0v) is 14.4. The molecule has 3 rings (SSSR count). The largest absolute Gasteiger partial charge is 0.305 e. The average molecular weight is 335 g/mol. The van der Waals surface area contributed by atoms with Crippen LogP contribution in [-0.4, -0.2) is 25.0 Å². The number of aromatic nitrogens is 4. The molecule has 5 nitrogen and oxygen atoms in total. The van der Waals surface area contributed by atoms with Gasteiger partial charge in [0.05, 0.1) is 6.07 Å². The van der Waals surface area contributed by atoms with E-state index in [1.165, 1.54) is 17.3 Å². The molecule has 0 saturated heterocycles. The van der Waals surface area contributed by atoms with Gasteiger partial charge in [0, 0.05) is 25.0 Å². The van der Waals surface area contributed by atoms with E-state index in [1.54, 1.807) is 12.4 Å². The summed E-state index contributed by atoms with van der Waals surface area (Å²) >= 11 is 1.44. The summed E-state index contributed by atoms with van der Waals surface area (Å²) in [5.41, 5.74) is 3.27. The molecule has 120 valence electrons. The van der Waals surface area contributed by atoms with Gasteiger partial charge >= 0.3 is 0 Å². The number of thioether (sulfide) groups is 1. The molecule has 0 N–H and O–H groups in total. The molecule has 24 heavy (non-hydrogen) atoms. The van der Waals surface area contributed by atoms with Crippen molar-refractivity contribution in [1.82, 2.24) is 19.7 Å². The van der Waals surface area contributed by atoms with Crippen molar-refractivity contribution in [3.8, 4) is 17.5 Å². The first kappa shape index (κ1) is 16.2. The van der Waals surface area contributed by atoms with Crippen LogP contribution in [0.3, 0.4) is 0 Å². The minimum absolute atomic E-state index is 0.211. The lowest BCUT2D eigenvalue weighted by atomic mass is 10.1. The Morgan fingerprint density at radius 1 is 1.21 bits per heavy atom. The van der Waals surface area contributed by atoms with Crippen molar-refractivity contribution in [2.75, 3.05) is 0 Å². The highest BCUT2D eigenvalue weighted by Gasteiger charge is 2.17. The summed E-state index contributed by atoms with van der Waals surface area (Å²) in [6.07, 6.45) is 4.16. The highest BCUT2D eigenvalue weighted by molar-refractivity contribution is 8.00. The van der Waals surface area contributed by atoms with E-state index in [1.807, 2.05) is 23.7 Å². The molecule has 2 heterocycles. The summed E-state index contributed by atoms with van der Waals surface area (Å²) in [7, 11) is 1.91. The highest BCUT2D eigenvalue weighted by Crippen LogP contribution is 2.27. The van der Waals surface area contributed by atoms with E-state index >= 15 is 0 Å². The van der Waals surface area contributed by atoms with Gasteiger partial charge in [-0.1, -0.05) is 41.6 Å². The second-order valence-electron chi connectivity index (χ2n) is 5.53. The molecule has 3 aromatic rings. The number of hydrogen-bond donors (Lipinski definition) is 0. The van der Waals surface area contributed by atoms with Crippen LogP contribution in [0, 0.1) is 18.3 Å². The number of nitrogens with zero attached hydrogens (tertiary/aromatic N) is 5. The van der Waals surface area contributed by atoms with Crippen LogP contribution in [0.4, 0.5) is 0 Å². The van der Waals surface area contributed by atoms with Gasteiger partial charge in [0.25, 0.3) is 0 Å². The SMILES string of the molecule is Cc1ccc(C[C@H](C#N)Sc2nnc(-c3cccnc3)n2C)cc1. The van der Waals surface area contributed by atoms with E-state index in [9.17, 15) is 5.26 Å². The summed E-state index contributed by atoms with van der Waals surface area (Å²) in [5.74, 6) is 0.748. The molecule has 1 aromatic carbocycles. The molecular weight excluding hydrogens is 318 g/mol. The molecule has 0 bridgehead atoms. The maximum absolute atomic E-state index is 9.48. The fourth-order valence-corrected chi connectivity index (χ4v) is 3.26. The van der Waals surface area contributed by atoms with Gasteiger partial charge in [0.1, 0.15) is 5.25 Å². The first-order valence-corrected chi connectivity index (χ1v) is 8.47. The van der Waals surface area contributed by atoms with E-state index in [0.29, 0.717) is 6.42 Å². The van der Waals surface area contributed by atoms with Gasteiger partial charge in [-0.2, -0.15) is 5.26 Å². The third-order valence-corrected chi connectivity index (χ3v) is 4.81. The number of benzene rings is 1. The second-order valence-corrected chi connectivity index (χ2v) is 6.70. The Kier molecular flexibility index (Phi) is 4.92. The predicted octanol–water partition coefficient (Wildman–Crippen LogP) is 3.41. The van der Waals surface area contributed by atoms with E-state index in [2.05, 4.69) is 52.4 Å². The fraction of sp³-hybridized carbons (Fsp3) is 0.222. The van der Waals surface area contributed by atoms with E-state index < -0.39 is 0 Å². The van der Waals surface area contributed by atoms with Gasteiger partial charge in [0.15, 0.2) is 11.0 Å². The van der Waals surface area contributed by atoms with Gasteiger partial charge in [-0.25, -0.2) is 0 Å². The minimum Gasteiger partial charge on any atom is -0.305 e.